The van der Waals surface area contributed by atoms with Crippen molar-refractivity contribution in [3.8, 4) is 0 Å². The zero-order chi connectivity index (χ0) is 6.85. The van der Waals surface area contributed by atoms with Crippen LogP contribution in [-0.2, 0) is 0 Å². The molecule has 0 spiro atoms. The van der Waals surface area contributed by atoms with Gasteiger partial charge in [0.1, 0.15) is 5.70 Å². The summed E-state index contributed by atoms with van der Waals surface area (Å²) in [4.78, 5) is 0. The van der Waals surface area contributed by atoms with Crippen LogP contribution >= 0.6 is 0 Å². The van der Waals surface area contributed by atoms with E-state index in [1.165, 1.54) is 0 Å². The molecule has 1 heteroatoms. The predicted molar refractivity (Wildman–Crippen MR) is 38.4 cm³/mol. The first-order valence-corrected chi connectivity index (χ1v) is 3.11. The standard InChI is InChI=1S/C8H11N/c1-6-3-4-8(9)5-7(6)2/h3-6H,2,9H2,1H3/p+1. The lowest BCUT2D eigenvalue weighted by molar-refractivity contribution is -0.295. The lowest BCUT2D eigenvalue weighted by atomic mass is 9.97. The molecule has 0 saturated carbocycles. The van der Waals surface area contributed by atoms with Crippen molar-refractivity contribution < 1.29 is 5.73 Å². The van der Waals surface area contributed by atoms with E-state index >= 15 is 0 Å². The van der Waals surface area contributed by atoms with E-state index < -0.39 is 0 Å². The fourth-order valence-corrected chi connectivity index (χ4v) is 0.809. The zero-order valence-electron chi connectivity index (χ0n) is 5.72. The summed E-state index contributed by atoms with van der Waals surface area (Å²) in [5, 5.41) is 0. The lowest BCUT2D eigenvalue weighted by Gasteiger charge is -2.08. The molecule has 0 aliphatic heterocycles. The third-order valence-electron chi connectivity index (χ3n) is 1.55. The first-order valence-electron chi connectivity index (χ1n) is 3.11. The Labute approximate surface area is 55.6 Å². The first-order chi connectivity index (χ1) is 4.20. The average Bonchev–Trinajstić information content (AvgIpc) is 1.80. The molecule has 9 heavy (non-hydrogen) atoms. The molecule has 0 aromatic carbocycles. The summed E-state index contributed by atoms with van der Waals surface area (Å²) in [5.41, 5.74) is 6.00. The molecule has 0 bridgehead atoms. The van der Waals surface area contributed by atoms with E-state index in [0.29, 0.717) is 5.92 Å². The Morgan fingerprint density at radius 1 is 1.67 bits per heavy atom. The number of rotatable bonds is 0. The van der Waals surface area contributed by atoms with Crippen molar-refractivity contribution >= 4 is 0 Å². The predicted octanol–water partition coefficient (Wildman–Crippen LogP) is 0.874. The van der Waals surface area contributed by atoms with E-state index in [1.807, 2.05) is 12.2 Å². The normalized spacial score (nSPS) is 26.2. The van der Waals surface area contributed by atoms with E-state index in [4.69, 9.17) is 0 Å². The van der Waals surface area contributed by atoms with E-state index in [9.17, 15) is 0 Å². The summed E-state index contributed by atoms with van der Waals surface area (Å²) >= 11 is 0. The number of hydrogen-bond acceptors (Lipinski definition) is 0. The highest BCUT2D eigenvalue weighted by atomic mass is 14.6. The molecule has 0 fully saturated rings. The minimum Gasteiger partial charge on any atom is -0.325 e. The van der Waals surface area contributed by atoms with E-state index in [1.54, 1.807) is 0 Å². The van der Waals surface area contributed by atoms with E-state index in [-0.39, 0.29) is 0 Å². The Kier molecular flexibility index (Phi) is 1.54. The number of quaternary nitrogens is 1. The summed E-state index contributed by atoms with van der Waals surface area (Å²) in [5.74, 6) is 0.496. The van der Waals surface area contributed by atoms with Crippen LogP contribution in [0, 0.1) is 5.92 Å². The van der Waals surface area contributed by atoms with Crippen molar-refractivity contribution in [2.24, 2.45) is 5.92 Å². The highest BCUT2D eigenvalue weighted by Crippen LogP contribution is 2.16. The van der Waals surface area contributed by atoms with Gasteiger partial charge >= 0.3 is 0 Å². The third kappa shape index (κ3) is 1.30. The maximum atomic E-state index is 3.88. The first kappa shape index (κ1) is 6.30. The van der Waals surface area contributed by atoms with Crippen molar-refractivity contribution in [3.05, 3.63) is 36.1 Å². The van der Waals surface area contributed by atoms with Gasteiger partial charge in [0.05, 0.1) is 0 Å². The molecule has 0 aromatic rings. The maximum Gasteiger partial charge on any atom is 0.127 e. The Morgan fingerprint density at radius 3 is 2.78 bits per heavy atom. The Bertz CT molecular complexity index is 187. The minimum atomic E-state index is 0.496. The molecule has 48 valence electrons. The summed E-state index contributed by atoms with van der Waals surface area (Å²) < 4.78 is 0. The Hall–Kier alpha value is -0.820. The second-order valence-corrected chi connectivity index (χ2v) is 2.44. The van der Waals surface area contributed by atoms with Gasteiger partial charge in [0.2, 0.25) is 0 Å². The van der Waals surface area contributed by atoms with Crippen molar-refractivity contribution in [1.82, 2.24) is 0 Å². The van der Waals surface area contributed by atoms with Gasteiger partial charge in [0.15, 0.2) is 0 Å². The quantitative estimate of drug-likeness (QED) is 0.494. The zero-order valence-corrected chi connectivity index (χ0v) is 5.72. The second kappa shape index (κ2) is 2.19. The molecular formula is C8H12N+. The van der Waals surface area contributed by atoms with Gasteiger partial charge in [0, 0.05) is 6.08 Å². The summed E-state index contributed by atoms with van der Waals surface area (Å²) in [7, 11) is 0. The highest BCUT2D eigenvalue weighted by Gasteiger charge is 2.05. The molecule has 3 N–H and O–H groups in total. The van der Waals surface area contributed by atoms with Crippen molar-refractivity contribution in [1.29, 1.82) is 0 Å². The van der Waals surface area contributed by atoms with Gasteiger partial charge in [-0.05, 0) is 17.6 Å². The Morgan fingerprint density at radius 2 is 2.33 bits per heavy atom. The largest absolute Gasteiger partial charge is 0.325 e. The van der Waals surface area contributed by atoms with Crippen LogP contribution in [-0.4, -0.2) is 0 Å². The number of allylic oxidation sites excluding steroid dienone is 4. The van der Waals surface area contributed by atoms with E-state index in [0.717, 1.165) is 11.3 Å². The van der Waals surface area contributed by atoms with Crippen LogP contribution in [0.5, 0.6) is 0 Å². The molecule has 1 rings (SSSR count). The van der Waals surface area contributed by atoms with Gasteiger partial charge in [-0.25, -0.2) is 0 Å². The molecule has 0 amide bonds. The SMILES string of the molecule is C=C1C=C([NH3+])C=CC1C. The van der Waals surface area contributed by atoms with Crippen LogP contribution in [0.4, 0.5) is 0 Å². The van der Waals surface area contributed by atoms with Crippen molar-refractivity contribution in [2.45, 2.75) is 6.92 Å². The molecule has 0 radical (unpaired) electrons. The topological polar surface area (TPSA) is 27.6 Å². The van der Waals surface area contributed by atoms with E-state index in [2.05, 4.69) is 25.3 Å². The molecule has 0 saturated heterocycles. The van der Waals surface area contributed by atoms with Crippen LogP contribution in [0.25, 0.3) is 0 Å². The van der Waals surface area contributed by atoms with Crippen LogP contribution < -0.4 is 5.73 Å². The van der Waals surface area contributed by atoms with Gasteiger partial charge in [-0.1, -0.05) is 19.6 Å². The molecule has 1 nitrogen and oxygen atoms in total. The van der Waals surface area contributed by atoms with Crippen molar-refractivity contribution in [2.75, 3.05) is 0 Å². The van der Waals surface area contributed by atoms with Crippen LogP contribution in [0.3, 0.4) is 0 Å². The molecule has 0 aromatic heterocycles. The molecule has 1 atom stereocenters. The molecule has 1 aliphatic carbocycles. The smallest absolute Gasteiger partial charge is 0.127 e. The van der Waals surface area contributed by atoms with Gasteiger partial charge < -0.3 is 5.73 Å². The second-order valence-electron chi connectivity index (χ2n) is 2.44. The third-order valence-corrected chi connectivity index (χ3v) is 1.55. The van der Waals surface area contributed by atoms with Crippen LogP contribution in [0.15, 0.2) is 36.1 Å². The average molecular weight is 122 g/mol. The highest BCUT2D eigenvalue weighted by molar-refractivity contribution is 5.32. The van der Waals surface area contributed by atoms with Crippen LogP contribution in [0.2, 0.25) is 0 Å². The van der Waals surface area contributed by atoms with Gasteiger partial charge in [-0.15, -0.1) is 0 Å². The Balaban J connectivity index is 2.82. The fourth-order valence-electron chi connectivity index (χ4n) is 0.809. The van der Waals surface area contributed by atoms with Gasteiger partial charge in [0.25, 0.3) is 0 Å². The van der Waals surface area contributed by atoms with Crippen molar-refractivity contribution in [3.63, 3.8) is 0 Å². The number of hydrogen-bond donors (Lipinski definition) is 1. The van der Waals surface area contributed by atoms with Gasteiger partial charge in [-0.3, -0.25) is 0 Å². The summed E-state index contributed by atoms with van der Waals surface area (Å²) in [6, 6.07) is 0. The monoisotopic (exact) mass is 122 g/mol. The molecule has 1 unspecified atom stereocenters. The van der Waals surface area contributed by atoms with Gasteiger partial charge in [-0.2, -0.15) is 0 Å². The molecular weight excluding hydrogens is 110 g/mol. The maximum absolute atomic E-state index is 3.88. The molecule has 0 heterocycles. The lowest BCUT2D eigenvalue weighted by Crippen LogP contribution is -2.47. The van der Waals surface area contributed by atoms with Crippen LogP contribution in [0.1, 0.15) is 6.92 Å². The summed E-state index contributed by atoms with van der Waals surface area (Å²) in [6.45, 7) is 6.00. The molecule has 1 aliphatic rings. The summed E-state index contributed by atoms with van der Waals surface area (Å²) in [6.07, 6.45) is 6.16. The minimum absolute atomic E-state index is 0.496. The fraction of sp³-hybridized carbons (Fsp3) is 0.250.